The summed E-state index contributed by atoms with van der Waals surface area (Å²) in [6.07, 6.45) is -0.336. The van der Waals surface area contributed by atoms with Crippen LogP contribution in [-0.4, -0.2) is 28.9 Å². The van der Waals surface area contributed by atoms with Crippen LogP contribution in [0.15, 0.2) is 36.4 Å². The van der Waals surface area contributed by atoms with Crippen LogP contribution in [0.25, 0.3) is 0 Å². The Labute approximate surface area is 168 Å². The quantitative estimate of drug-likeness (QED) is 0.612. The fourth-order valence-corrected chi connectivity index (χ4v) is 3.27. The molecule has 0 spiro atoms. The van der Waals surface area contributed by atoms with Crippen molar-refractivity contribution in [2.24, 2.45) is 0 Å². The zero-order valence-corrected chi connectivity index (χ0v) is 16.8. The molecule has 1 heterocycles. The molecule has 1 aliphatic rings. The van der Waals surface area contributed by atoms with Gasteiger partial charge in [0.2, 0.25) is 5.91 Å². The van der Waals surface area contributed by atoms with Gasteiger partial charge in [-0.2, -0.15) is 0 Å². The smallest absolute Gasteiger partial charge is 0.271 e. The van der Waals surface area contributed by atoms with Gasteiger partial charge in [-0.25, -0.2) is 0 Å². The Kier molecular flexibility index (Phi) is 5.54. The zero-order valence-electron chi connectivity index (χ0n) is 16.8. The second kappa shape index (κ2) is 7.90. The molecular weight excluding hydrogens is 374 g/mol. The van der Waals surface area contributed by atoms with Crippen LogP contribution >= 0.6 is 0 Å². The van der Waals surface area contributed by atoms with Gasteiger partial charge in [0.25, 0.3) is 11.6 Å². The maximum atomic E-state index is 13.0. The topological polar surface area (TPSA) is 102 Å². The molecule has 0 aromatic heterocycles. The van der Waals surface area contributed by atoms with Gasteiger partial charge in [0.05, 0.1) is 10.6 Å². The number of hydrogen-bond acceptors (Lipinski definition) is 5. The number of nitrogens with one attached hydrogen (secondary N) is 1. The largest absolute Gasteiger partial charge is 0.478 e. The van der Waals surface area contributed by atoms with E-state index in [1.807, 2.05) is 32.0 Å². The van der Waals surface area contributed by atoms with Crippen molar-refractivity contribution in [3.05, 3.63) is 57.6 Å². The number of nitro groups is 1. The Hall–Kier alpha value is -3.42. The van der Waals surface area contributed by atoms with E-state index < -0.39 is 23.0 Å². The summed E-state index contributed by atoms with van der Waals surface area (Å²) in [5, 5.41) is 14.1. The number of carbonyl (C=O) groups excluding carboxylic acids is 2. The van der Waals surface area contributed by atoms with Crippen molar-refractivity contribution in [1.29, 1.82) is 0 Å². The molecule has 0 radical (unpaired) electrons. The first-order valence-electron chi connectivity index (χ1n) is 9.39. The lowest BCUT2D eigenvalue weighted by Gasteiger charge is -2.37. The number of fused-ring (bicyclic) bond motifs is 1. The summed E-state index contributed by atoms with van der Waals surface area (Å²) in [5.74, 6) is -0.446. The first-order chi connectivity index (χ1) is 13.7. The standard InChI is InChI=1S/C21H23N3O5/c1-5-18-21(26)23(17-11-15(24(27)28)8-9-19(17)29-18)14(4)20(25)22-16-10-12(2)6-7-13(16)3/h6-11,14,18H,5H2,1-4H3,(H,22,25). The molecule has 3 rings (SSSR count). The van der Waals surface area contributed by atoms with E-state index in [1.54, 1.807) is 13.8 Å². The lowest BCUT2D eigenvalue weighted by molar-refractivity contribution is -0.384. The third-order valence-electron chi connectivity index (χ3n) is 4.98. The molecule has 1 N–H and O–H groups in total. The monoisotopic (exact) mass is 397 g/mol. The highest BCUT2D eigenvalue weighted by molar-refractivity contribution is 6.08. The molecule has 0 saturated carbocycles. The Bertz CT molecular complexity index is 988. The van der Waals surface area contributed by atoms with Gasteiger partial charge < -0.3 is 10.1 Å². The molecule has 152 valence electrons. The SMILES string of the molecule is CCC1Oc2ccc([N+](=O)[O-])cc2N(C(C)C(=O)Nc2cc(C)ccc2C)C1=O. The molecule has 2 atom stereocenters. The number of ether oxygens (including phenoxy) is 1. The van der Waals surface area contributed by atoms with Crippen molar-refractivity contribution in [2.45, 2.75) is 46.3 Å². The normalized spacial score (nSPS) is 16.6. The van der Waals surface area contributed by atoms with Crippen molar-refractivity contribution >= 4 is 28.9 Å². The second-order valence-electron chi connectivity index (χ2n) is 7.12. The predicted molar refractivity (Wildman–Crippen MR) is 109 cm³/mol. The highest BCUT2D eigenvalue weighted by Gasteiger charge is 2.39. The van der Waals surface area contributed by atoms with E-state index in [0.717, 1.165) is 11.1 Å². The number of anilines is 2. The first kappa shape index (κ1) is 20.3. The van der Waals surface area contributed by atoms with Crippen molar-refractivity contribution in [1.82, 2.24) is 0 Å². The molecule has 0 fully saturated rings. The average Bonchev–Trinajstić information content (AvgIpc) is 2.69. The number of hydrogen-bond donors (Lipinski definition) is 1. The number of non-ortho nitro benzene ring substituents is 1. The molecule has 8 nitrogen and oxygen atoms in total. The number of nitro benzene ring substituents is 1. The predicted octanol–water partition coefficient (Wildman–Crippen LogP) is 3.74. The van der Waals surface area contributed by atoms with E-state index in [4.69, 9.17) is 4.74 Å². The van der Waals surface area contributed by atoms with Crippen LogP contribution in [0.1, 0.15) is 31.4 Å². The third-order valence-corrected chi connectivity index (χ3v) is 4.98. The molecule has 2 unspecified atom stereocenters. The van der Waals surface area contributed by atoms with Crippen LogP contribution in [0.5, 0.6) is 5.75 Å². The minimum Gasteiger partial charge on any atom is -0.478 e. The highest BCUT2D eigenvalue weighted by atomic mass is 16.6. The Balaban J connectivity index is 1.97. The maximum Gasteiger partial charge on any atom is 0.271 e. The van der Waals surface area contributed by atoms with Crippen LogP contribution in [0.3, 0.4) is 0 Å². The van der Waals surface area contributed by atoms with E-state index in [-0.39, 0.29) is 17.3 Å². The van der Waals surface area contributed by atoms with Crippen molar-refractivity contribution in [3.8, 4) is 5.75 Å². The number of aryl methyl sites for hydroxylation is 2. The van der Waals surface area contributed by atoms with Gasteiger partial charge in [0.1, 0.15) is 11.8 Å². The summed E-state index contributed by atoms with van der Waals surface area (Å²) in [7, 11) is 0. The molecule has 2 aromatic rings. The Morgan fingerprint density at radius 2 is 2.00 bits per heavy atom. The summed E-state index contributed by atoms with van der Waals surface area (Å²) < 4.78 is 5.70. The summed E-state index contributed by atoms with van der Waals surface area (Å²) in [5.41, 5.74) is 2.59. The van der Waals surface area contributed by atoms with Gasteiger partial charge in [-0.05, 0) is 50.5 Å². The summed E-state index contributed by atoms with van der Waals surface area (Å²) in [4.78, 5) is 37.9. The molecule has 2 aromatic carbocycles. The summed E-state index contributed by atoms with van der Waals surface area (Å²) in [6, 6.07) is 8.87. The van der Waals surface area contributed by atoms with Gasteiger partial charge >= 0.3 is 0 Å². The summed E-state index contributed by atoms with van der Waals surface area (Å²) >= 11 is 0. The Morgan fingerprint density at radius 3 is 2.66 bits per heavy atom. The molecule has 1 aliphatic heterocycles. The maximum absolute atomic E-state index is 13.0. The molecule has 2 amide bonds. The van der Waals surface area contributed by atoms with Crippen LogP contribution in [-0.2, 0) is 9.59 Å². The van der Waals surface area contributed by atoms with Crippen molar-refractivity contribution in [2.75, 3.05) is 10.2 Å². The molecule has 0 aliphatic carbocycles. The average molecular weight is 397 g/mol. The van der Waals surface area contributed by atoms with Crippen molar-refractivity contribution < 1.29 is 19.2 Å². The zero-order chi connectivity index (χ0) is 21.3. The van der Waals surface area contributed by atoms with E-state index in [9.17, 15) is 19.7 Å². The number of benzene rings is 2. The fourth-order valence-electron chi connectivity index (χ4n) is 3.27. The molecule has 0 bridgehead atoms. The second-order valence-corrected chi connectivity index (χ2v) is 7.12. The van der Waals surface area contributed by atoms with Gasteiger partial charge in [0.15, 0.2) is 6.10 Å². The van der Waals surface area contributed by atoms with E-state index in [2.05, 4.69) is 5.32 Å². The first-order valence-corrected chi connectivity index (χ1v) is 9.39. The number of rotatable bonds is 5. The molecule has 8 heteroatoms. The molecule has 0 saturated heterocycles. The fraction of sp³-hybridized carbons (Fsp3) is 0.333. The number of amides is 2. The van der Waals surface area contributed by atoms with Gasteiger partial charge in [0, 0.05) is 17.8 Å². The molecule has 29 heavy (non-hydrogen) atoms. The van der Waals surface area contributed by atoms with E-state index in [1.165, 1.54) is 23.1 Å². The third kappa shape index (κ3) is 3.91. The lowest BCUT2D eigenvalue weighted by atomic mass is 10.1. The minimum absolute atomic E-state index is 0.178. The van der Waals surface area contributed by atoms with Crippen LogP contribution in [0, 0.1) is 24.0 Å². The summed E-state index contributed by atoms with van der Waals surface area (Å²) in [6.45, 7) is 7.20. The highest BCUT2D eigenvalue weighted by Crippen LogP contribution is 2.38. The van der Waals surface area contributed by atoms with Crippen LogP contribution in [0.4, 0.5) is 17.1 Å². The lowest BCUT2D eigenvalue weighted by Crippen LogP contribution is -2.53. The van der Waals surface area contributed by atoms with Gasteiger partial charge in [-0.3, -0.25) is 24.6 Å². The van der Waals surface area contributed by atoms with E-state index in [0.29, 0.717) is 17.9 Å². The molecular formula is C21H23N3O5. The van der Waals surface area contributed by atoms with Gasteiger partial charge in [-0.15, -0.1) is 0 Å². The van der Waals surface area contributed by atoms with E-state index >= 15 is 0 Å². The number of carbonyl (C=O) groups is 2. The van der Waals surface area contributed by atoms with Crippen LogP contribution < -0.4 is 15.0 Å². The number of nitrogens with zero attached hydrogens (tertiary/aromatic N) is 2. The minimum atomic E-state index is -0.888. The van der Waals surface area contributed by atoms with Crippen LogP contribution in [0.2, 0.25) is 0 Å². The van der Waals surface area contributed by atoms with Gasteiger partial charge in [-0.1, -0.05) is 19.1 Å². The Morgan fingerprint density at radius 1 is 1.28 bits per heavy atom. The van der Waals surface area contributed by atoms with Crippen molar-refractivity contribution in [3.63, 3.8) is 0 Å².